The van der Waals surface area contributed by atoms with Gasteiger partial charge in [0.15, 0.2) is 0 Å². The lowest BCUT2D eigenvalue weighted by atomic mass is 9.84. The molecule has 0 atom stereocenters. The van der Waals surface area contributed by atoms with Crippen LogP contribution in [0.2, 0.25) is 0 Å². The smallest absolute Gasteiger partial charge is 0.230 e. The fourth-order valence-electron chi connectivity index (χ4n) is 3.62. The van der Waals surface area contributed by atoms with Gasteiger partial charge in [-0.25, -0.2) is 0 Å². The quantitative estimate of drug-likeness (QED) is 0.807. The summed E-state index contributed by atoms with van der Waals surface area (Å²) >= 11 is 0. The van der Waals surface area contributed by atoms with E-state index in [0.29, 0.717) is 12.5 Å². The molecule has 1 heterocycles. The van der Waals surface area contributed by atoms with Crippen molar-refractivity contribution in [3.63, 3.8) is 0 Å². The molecule has 1 amide bonds. The van der Waals surface area contributed by atoms with Gasteiger partial charge in [0.25, 0.3) is 0 Å². The molecule has 1 aliphatic heterocycles. The maximum absolute atomic E-state index is 12.7. The van der Waals surface area contributed by atoms with Crippen LogP contribution >= 0.6 is 0 Å². The van der Waals surface area contributed by atoms with Crippen molar-refractivity contribution in [1.82, 2.24) is 9.80 Å². The number of carbonyl (C=O) groups excluding carboxylic acids is 1. The van der Waals surface area contributed by atoms with E-state index in [4.69, 9.17) is 5.73 Å². The molecule has 0 unspecified atom stereocenters. The van der Waals surface area contributed by atoms with E-state index in [1.54, 1.807) is 0 Å². The third kappa shape index (κ3) is 2.16. The fourth-order valence-corrected chi connectivity index (χ4v) is 3.62. The molecule has 4 heteroatoms. The topological polar surface area (TPSA) is 49.6 Å². The van der Waals surface area contributed by atoms with Crippen LogP contribution in [0.5, 0.6) is 0 Å². The average molecular weight is 251 g/mol. The fraction of sp³-hybridized carbons (Fsp3) is 0.929. The van der Waals surface area contributed by atoms with E-state index in [9.17, 15) is 4.79 Å². The summed E-state index contributed by atoms with van der Waals surface area (Å²) in [6, 6.07) is 0.831. The predicted octanol–water partition coefficient (Wildman–Crippen LogP) is 0.812. The van der Waals surface area contributed by atoms with Crippen LogP contribution in [0.3, 0.4) is 0 Å². The van der Waals surface area contributed by atoms with Gasteiger partial charge in [0.1, 0.15) is 0 Å². The Morgan fingerprint density at radius 1 is 1.11 bits per heavy atom. The van der Waals surface area contributed by atoms with Gasteiger partial charge in [0.2, 0.25) is 5.91 Å². The van der Waals surface area contributed by atoms with Gasteiger partial charge in [-0.2, -0.15) is 0 Å². The zero-order chi connectivity index (χ0) is 12.6. The zero-order valence-corrected chi connectivity index (χ0v) is 11.2. The van der Waals surface area contributed by atoms with E-state index in [-0.39, 0.29) is 5.41 Å². The van der Waals surface area contributed by atoms with E-state index in [2.05, 4.69) is 9.80 Å². The van der Waals surface area contributed by atoms with Crippen molar-refractivity contribution in [2.24, 2.45) is 11.1 Å². The predicted molar refractivity (Wildman–Crippen MR) is 71.1 cm³/mol. The Morgan fingerprint density at radius 2 is 1.72 bits per heavy atom. The third-order valence-corrected chi connectivity index (χ3v) is 5.07. The summed E-state index contributed by atoms with van der Waals surface area (Å²) < 4.78 is 0. The normalized spacial score (nSPS) is 28.6. The van der Waals surface area contributed by atoms with Crippen molar-refractivity contribution in [2.45, 2.75) is 44.6 Å². The van der Waals surface area contributed by atoms with Crippen LogP contribution in [-0.2, 0) is 4.79 Å². The van der Waals surface area contributed by atoms with Crippen LogP contribution in [0, 0.1) is 5.41 Å². The number of nitrogens with two attached hydrogens (primary N) is 1. The van der Waals surface area contributed by atoms with Crippen molar-refractivity contribution < 1.29 is 4.79 Å². The zero-order valence-electron chi connectivity index (χ0n) is 11.2. The highest BCUT2D eigenvalue weighted by atomic mass is 16.2. The molecule has 4 nitrogen and oxygen atoms in total. The summed E-state index contributed by atoms with van der Waals surface area (Å²) in [5, 5.41) is 0. The highest BCUT2D eigenvalue weighted by Gasteiger charge is 2.43. The molecule has 0 aromatic carbocycles. The summed E-state index contributed by atoms with van der Waals surface area (Å²) in [6.07, 6.45) is 7.08. The first-order valence-electron chi connectivity index (χ1n) is 7.49. The molecular formula is C14H25N3O. The molecule has 2 N–H and O–H groups in total. The van der Waals surface area contributed by atoms with Gasteiger partial charge in [-0.15, -0.1) is 0 Å². The van der Waals surface area contributed by atoms with Gasteiger partial charge < -0.3 is 10.6 Å². The standard InChI is InChI=1S/C14H25N3O/c15-11-14(5-1-2-6-14)13(18)17-9-7-16(8-10-17)12-3-4-12/h12H,1-11,15H2. The van der Waals surface area contributed by atoms with E-state index in [1.807, 2.05) is 0 Å². The number of amides is 1. The van der Waals surface area contributed by atoms with E-state index in [0.717, 1.165) is 45.1 Å². The second-order valence-electron chi connectivity index (χ2n) is 6.25. The minimum atomic E-state index is -0.207. The lowest BCUT2D eigenvalue weighted by Gasteiger charge is -2.39. The Balaban J connectivity index is 1.59. The van der Waals surface area contributed by atoms with Crippen LogP contribution < -0.4 is 5.73 Å². The van der Waals surface area contributed by atoms with Crippen LogP contribution in [0.4, 0.5) is 0 Å². The summed E-state index contributed by atoms with van der Waals surface area (Å²) in [5.74, 6) is 0.345. The molecule has 2 aliphatic carbocycles. The molecule has 0 bridgehead atoms. The van der Waals surface area contributed by atoms with Gasteiger partial charge in [-0.3, -0.25) is 9.69 Å². The highest BCUT2D eigenvalue weighted by molar-refractivity contribution is 5.83. The Kier molecular flexibility index (Phi) is 3.32. The van der Waals surface area contributed by atoms with Gasteiger partial charge in [-0.05, 0) is 25.7 Å². The Hall–Kier alpha value is -0.610. The lowest BCUT2D eigenvalue weighted by Crippen LogP contribution is -2.54. The number of piperazine rings is 1. The van der Waals surface area contributed by atoms with Gasteiger partial charge in [-0.1, -0.05) is 12.8 Å². The minimum Gasteiger partial charge on any atom is -0.340 e. The first kappa shape index (κ1) is 12.4. The molecule has 3 fully saturated rings. The van der Waals surface area contributed by atoms with Gasteiger partial charge in [0.05, 0.1) is 5.41 Å². The molecule has 1 saturated heterocycles. The van der Waals surface area contributed by atoms with Crippen LogP contribution in [0.1, 0.15) is 38.5 Å². The monoisotopic (exact) mass is 251 g/mol. The van der Waals surface area contributed by atoms with Crippen LogP contribution in [0.25, 0.3) is 0 Å². The third-order valence-electron chi connectivity index (χ3n) is 5.07. The number of nitrogens with zero attached hydrogens (tertiary/aromatic N) is 2. The number of hydrogen-bond acceptors (Lipinski definition) is 3. The average Bonchev–Trinajstić information content (AvgIpc) is 3.16. The lowest BCUT2D eigenvalue weighted by molar-refractivity contribution is -0.143. The molecule has 0 aromatic heterocycles. The first-order chi connectivity index (χ1) is 8.75. The molecule has 0 radical (unpaired) electrons. The number of rotatable bonds is 3. The van der Waals surface area contributed by atoms with Crippen molar-refractivity contribution in [3.8, 4) is 0 Å². The maximum Gasteiger partial charge on any atom is 0.230 e. The van der Waals surface area contributed by atoms with Crippen molar-refractivity contribution >= 4 is 5.91 Å². The van der Waals surface area contributed by atoms with Crippen LogP contribution in [-0.4, -0.2) is 54.5 Å². The first-order valence-corrected chi connectivity index (χ1v) is 7.49. The molecule has 2 saturated carbocycles. The molecule has 0 aromatic rings. The summed E-state index contributed by atoms with van der Waals surface area (Å²) in [4.78, 5) is 17.3. The molecule has 0 spiro atoms. The largest absolute Gasteiger partial charge is 0.340 e. The Labute approximate surface area is 109 Å². The van der Waals surface area contributed by atoms with Crippen molar-refractivity contribution in [1.29, 1.82) is 0 Å². The highest BCUT2D eigenvalue weighted by Crippen LogP contribution is 2.39. The van der Waals surface area contributed by atoms with E-state index in [1.165, 1.54) is 25.7 Å². The van der Waals surface area contributed by atoms with Crippen LogP contribution in [0.15, 0.2) is 0 Å². The maximum atomic E-state index is 12.7. The van der Waals surface area contributed by atoms with E-state index < -0.39 is 0 Å². The SMILES string of the molecule is NCC1(C(=O)N2CCN(C3CC3)CC2)CCCC1. The summed E-state index contributed by atoms with van der Waals surface area (Å²) in [6.45, 7) is 4.50. The van der Waals surface area contributed by atoms with Crippen molar-refractivity contribution in [3.05, 3.63) is 0 Å². The molecule has 102 valence electrons. The minimum absolute atomic E-state index is 0.207. The van der Waals surface area contributed by atoms with Gasteiger partial charge >= 0.3 is 0 Å². The van der Waals surface area contributed by atoms with E-state index >= 15 is 0 Å². The Bertz CT molecular complexity index is 313. The van der Waals surface area contributed by atoms with Gasteiger partial charge in [0, 0.05) is 38.8 Å². The van der Waals surface area contributed by atoms with Crippen molar-refractivity contribution in [2.75, 3.05) is 32.7 Å². The second-order valence-corrected chi connectivity index (χ2v) is 6.25. The summed E-state index contributed by atoms with van der Waals surface area (Å²) in [5.41, 5.74) is 5.70. The summed E-state index contributed by atoms with van der Waals surface area (Å²) in [7, 11) is 0. The Morgan fingerprint density at radius 3 is 2.22 bits per heavy atom. The molecular weight excluding hydrogens is 226 g/mol. The molecule has 18 heavy (non-hydrogen) atoms. The molecule has 3 aliphatic rings. The molecule has 3 rings (SSSR count). The number of carbonyl (C=O) groups is 1. The second kappa shape index (κ2) is 4.82. The number of hydrogen-bond donors (Lipinski definition) is 1.